The van der Waals surface area contributed by atoms with E-state index in [0.717, 1.165) is 44.9 Å². The van der Waals surface area contributed by atoms with Gasteiger partial charge in [-0.15, -0.1) is 12.6 Å². The van der Waals surface area contributed by atoms with Gasteiger partial charge in [-0.05, 0) is 37.7 Å². The Morgan fingerprint density at radius 3 is 2.50 bits per heavy atom. The number of thiol groups is 1. The average molecular weight is 349 g/mol. The zero-order valence-corrected chi connectivity index (χ0v) is 15.2. The molecule has 4 nitrogen and oxygen atoms in total. The maximum absolute atomic E-state index is 12.4. The molecule has 0 saturated heterocycles. The summed E-state index contributed by atoms with van der Waals surface area (Å²) in [4.78, 5) is 23.9. The summed E-state index contributed by atoms with van der Waals surface area (Å²) in [5.74, 6) is 0. The number of hydrogen-bond acceptors (Lipinski definition) is 3. The highest BCUT2D eigenvalue weighted by Crippen LogP contribution is 2.36. The predicted octanol–water partition coefficient (Wildman–Crippen LogP) is 4.28. The fraction of sp³-hybridized carbons (Fsp3) is 0.579. The van der Waals surface area contributed by atoms with Crippen LogP contribution in [0, 0.1) is 0 Å². The van der Waals surface area contributed by atoms with Crippen molar-refractivity contribution in [2.45, 2.75) is 69.9 Å². The second kappa shape index (κ2) is 9.11. The third kappa shape index (κ3) is 5.55. The Morgan fingerprint density at radius 2 is 1.92 bits per heavy atom. The van der Waals surface area contributed by atoms with Crippen LogP contribution in [0.3, 0.4) is 0 Å². The van der Waals surface area contributed by atoms with Gasteiger partial charge in [-0.25, -0.2) is 4.79 Å². The SMILES string of the molecule is CCCC[C@H](NC(=O)OC1(Cc2ccccc2)CCCC1)C(=O)S. The molecule has 0 heterocycles. The maximum atomic E-state index is 12.4. The van der Waals surface area contributed by atoms with E-state index < -0.39 is 17.7 Å². The first-order chi connectivity index (χ1) is 11.5. The number of unbranched alkanes of at least 4 members (excludes halogenated alkanes) is 1. The van der Waals surface area contributed by atoms with Crippen molar-refractivity contribution in [2.75, 3.05) is 0 Å². The number of benzene rings is 1. The lowest BCUT2D eigenvalue weighted by Crippen LogP contribution is -2.44. The molecule has 132 valence electrons. The Morgan fingerprint density at radius 1 is 1.25 bits per heavy atom. The van der Waals surface area contributed by atoms with Gasteiger partial charge in [0.15, 0.2) is 0 Å². The van der Waals surface area contributed by atoms with Crippen LogP contribution >= 0.6 is 12.6 Å². The molecule has 0 radical (unpaired) electrons. The van der Waals surface area contributed by atoms with Crippen molar-refractivity contribution in [3.63, 3.8) is 0 Å². The molecule has 1 aliphatic rings. The van der Waals surface area contributed by atoms with Crippen LogP contribution in [0.2, 0.25) is 0 Å². The van der Waals surface area contributed by atoms with Crippen LogP contribution in [-0.4, -0.2) is 22.9 Å². The molecule has 0 unspecified atom stereocenters. The van der Waals surface area contributed by atoms with E-state index >= 15 is 0 Å². The monoisotopic (exact) mass is 349 g/mol. The van der Waals surface area contributed by atoms with E-state index in [0.29, 0.717) is 6.42 Å². The summed E-state index contributed by atoms with van der Waals surface area (Å²) in [6, 6.07) is 9.52. The Labute approximate surface area is 149 Å². The predicted molar refractivity (Wildman–Crippen MR) is 98.3 cm³/mol. The number of rotatable bonds is 8. The molecule has 0 bridgehead atoms. The summed E-state index contributed by atoms with van der Waals surface area (Å²) in [5.41, 5.74) is 0.709. The van der Waals surface area contributed by atoms with Crippen molar-refractivity contribution in [3.05, 3.63) is 35.9 Å². The van der Waals surface area contributed by atoms with Gasteiger partial charge < -0.3 is 10.1 Å². The number of ether oxygens (including phenoxy) is 1. The number of carbonyl (C=O) groups is 2. The molecule has 0 aliphatic heterocycles. The number of hydrogen-bond donors (Lipinski definition) is 2. The van der Waals surface area contributed by atoms with Crippen molar-refractivity contribution in [1.29, 1.82) is 0 Å². The summed E-state index contributed by atoms with van der Waals surface area (Å²) in [7, 11) is 0. The van der Waals surface area contributed by atoms with E-state index in [9.17, 15) is 9.59 Å². The largest absolute Gasteiger partial charge is 0.443 e. The second-order valence-electron chi connectivity index (χ2n) is 6.62. The van der Waals surface area contributed by atoms with E-state index in [1.807, 2.05) is 25.1 Å². The molecule has 1 fully saturated rings. The van der Waals surface area contributed by atoms with Gasteiger partial charge in [0.1, 0.15) is 11.6 Å². The molecular formula is C19H27NO3S. The molecule has 24 heavy (non-hydrogen) atoms. The summed E-state index contributed by atoms with van der Waals surface area (Å²) in [6.07, 6.45) is 6.49. The van der Waals surface area contributed by atoms with Gasteiger partial charge in [0.05, 0.1) is 0 Å². The first-order valence-corrected chi connectivity index (χ1v) is 9.25. The minimum Gasteiger partial charge on any atom is -0.443 e. The molecule has 1 aliphatic carbocycles. The third-order valence-corrected chi connectivity index (χ3v) is 4.94. The van der Waals surface area contributed by atoms with E-state index in [4.69, 9.17) is 4.74 Å². The van der Waals surface area contributed by atoms with Crippen molar-refractivity contribution in [2.24, 2.45) is 0 Å². The Bertz CT molecular complexity index is 541. The number of nitrogens with one attached hydrogen (secondary N) is 1. The minimum atomic E-state index is -0.573. The van der Waals surface area contributed by atoms with Crippen LogP contribution < -0.4 is 5.32 Å². The standard InChI is InChI=1S/C19H27NO3S/c1-2-3-11-16(17(21)24)20-18(22)23-19(12-7-8-13-19)14-15-9-5-4-6-10-15/h4-6,9-10,16H,2-3,7-8,11-14H2,1H3,(H,20,22)(H,21,24)/t16-/m0/s1. The van der Waals surface area contributed by atoms with Gasteiger partial charge in [-0.2, -0.15) is 0 Å². The third-order valence-electron chi connectivity index (χ3n) is 4.63. The van der Waals surface area contributed by atoms with Gasteiger partial charge in [-0.3, -0.25) is 4.79 Å². The van der Waals surface area contributed by atoms with Crippen molar-refractivity contribution in [1.82, 2.24) is 5.32 Å². The molecule has 5 heteroatoms. The molecule has 1 N–H and O–H groups in total. The van der Waals surface area contributed by atoms with Crippen LogP contribution in [0.15, 0.2) is 30.3 Å². The summed E-state index contributed by atoms with van der Waals surface area (Å²) < 4.78 is 5.83. The topological polar surface area (TPSA) is 55.4 Å². The highest BCUT2D eigenvalue weighted by atomic mass is 32.1. The van der Waals surface area contributed by atoms with Gasteiger partial charge in [0.2, 0.25) is 5.12 Å². The molecule has 1 aromatic rings. The van der Waals surface area contributed by atoms with Crippen LogP contribution in [-0.2, 0) is 16.0 Å². The first-order valence-electron chi connectivity index (χ1n) is 8.81. The van der Waals surface area contributed by atoms with Gasteiger partial charge in [0.25, 0.3) is 0 Å². The van der Waals surface area contributed by atoms with Gasteiger partial charge in [0, 0.05) is 6.42 Å². The second-order valence-corrected chi connectivity index (χ2v) is 7.06. The van der Waals surface area contributed by atoms with E-state index in [1.54, 1.807) is 0 Å². The molecule has 2 rings (SSSR count). The molecule has 0 aromatic heterocycles. The summed E-state index contributed by atoms with van der Waals surface area (Å²) in [6.45, 7) is 2.05. The minimum absolute atomic E-state index is 0.316. The summed E-state index contributed by atoms with van der Waals surface area (Å²) in [5, 5.41) is 2.39. The van der Waals surface area contributed by atoms with Gasteiger partial charge in [-0.1, -0.05) is 50.1 Å². The molecule has 1 atom stereocenters. The molecule has 1 aromatic carbocycles. The highest BCUT2D eigenvalue weighted by Gasteiger charge is 2.38. The van der Waals surface area contributed by atoms with E-state index in [2.05, 4.69) is 30.1 Å². The highest BCUT2D eigenvalue weighted by molar-refractivity contribution is 7.96. The van der Waals surface area contributed by atoms with Crippen LogP contribution in [0.1, 0.15) is 57.4 Å². The fourth-order valence-electron chi connectivity index (χ4n) is 3.34. The smallest absolute Gasteiger partial charge is 0.408 e. The van der Waals surface area contributed by atoms with Crippen molar-refractivity contribution < 1.29 is 14.3 Å². The van der Waals surface area contributed by atoms with Crippen LogP contribution in [0.4, 0.5) is 4.79 Å². The lowest BCUT2D eigenvalue weighted by molar-refractivity contribution is -0.112. The van der Waals surface area contributed by atoms with Crippen LogP contribution in [0.25, 0.3) is 0 Å². The Balaban J connectivity index is 1.99. The number of amides is 1. The number of alkyl carbamates (subject to hydrolysis) is 1. The zero-order chi connectivity index (χ0) is 17.4. The molecule has 1 amide bonds. The van der Waals surface area contributed by atoms with E-state index in [1.165, 1.54) is 5.56 Å². The molecular weight excluding hydrogens is 322 g/mol. The van der Waals surface area contributed by atoms with E-state index in [-0.39, 0.29) is 5.12 Å². The number of carbonyl (C=O) groups excluding carboxylic acids is 2. The molecule has 1 saturated carbocycles. The maximum Gasteiger partial charge on any atom is 0.408 e. The van der Waals surface area contributed by atoms with Gasteiger partial charge >= 0.3 is 6.09 Å². The quantitative estimate of drug-likeness (QED) is 0.689. The normalized spacial score (nSPS) is 17.2. The Hall–Kier alpha value is -1.49. The summed E-state index contributed by atoms with van der Waals surface area (Å²) >= 11 is 3.88. The molecule has 0 spiro atoms. The van der Waals surface area contributed by atoms with Crippen LogP contribution in [0.5, 0.6) is 0 Å². The lowest BCUT2D eigenvalue weighted by atomic mass is 9.93. The fourth-order valence-corrected chi connectivity index (χ4v) is 3.53. The first kappa shape index (κ1) is 18.8. The lowest BCUT2D eigenvalue weighted by Gasteiger charge is -2.30. The van der Waals surface area contributed by atoms with Crippen molar-refractivity contribution >= 4 is 23.8 Å². The van der Waals surface area contributed by atoms with Crippen molar-refractivity contribution in [3.8, 4) is 0 Å². The average Bonchev–Trinajstić information content (AvgIpc) is 3.00. The zero-order valence-electron chi connectivity index (χ0n) is 14.3. The Kier molecular flexibility index (Phi) is 7.16.